The highest BCUT2D eigenvalue weighted by molar-refractivity contribution is 9.10. The Morgan fingerprint density at radius 3 is 2.12 bits per heavy atom. The fourth-order valence-corrected chi connectivity index (χ4v) is 5.09. The van der Waals surface area contributed by atoms with Crippen molar-refractivity contribution in [3.05, 3.63) is 118 Å². The quantitative estimate of drug-likeness (QED) is 0.118. The maximum Gasteiger partial charge on any atom is 0.272 e. The first-order valence-electron chi connectivity index (χ1n) is 13.2. The largest absolute Gasteiger partial charge is 0.497 e. The molecular formula is C33H30BrN3O5S. The number of methoxy groups -OCH3 is 2. The van der Waals surface area contributed by atoms with Gasteiger partial charge in [-0.2, -0.15) is 0 Å². The van der Waals surface area contributed by atoms with Crippen molar-refractivity contribution in [2.24, 2.45) is 0 Å². The first kappa shape index (κ1) is 31.4. The van der Waals surface area contributed by atoms with Crippen LogP contribution in [0.3, 0.4) is 0 Å². The second-order valence-electron chi connectivity index (χ2n) is 9.26. The van der Waals surface area contributed by atoms with Gasteiger partial charge in [-0.25, -0.2) is 0 Å². The highest BCUT2D eigenvalue weighted by Crippen LogP contribution is 2.29. The fourth-order valence-electron chi connectivity index (χ4n) is 3.89. The van der Waals surface area contributed by atoms with Crippen LogP contribution in [0.15, 0.2) is 112 Å². The maximum atomic E-state index is 13.4. The molecule has 0 saturated carbocycles. The molecule has 0 aliphatic heterocycles. The Balaban J connectivity index is 1.47. The normalized spacial score (nSPS) is 11.7. The summed E-state index contributed by atoms with van der Waals surface area (Å²) in [5, 5.41) is 8.04. The number of hydrogen-bond donors (Lipinski definition) is 3. The molecule has 0 fully saturated rings. The van der Waals surface area contributed by atoms with Gasteiger partial charge in [-0.3, -0.25) is 14.4 Å². The highest BCUT2D eigenvalue weighted by Gasteiger charge is 2.18. The molecule has 0 radical (unpaired) electrons. The lowest BCUT2D eigenvalue weighted by Gasteiger charge is -2.15. The molecule has 0 aliphatic rings. The smallest absolute Gasteiger partial charge is 0.272 e. The predicted octanol–water partition coefficient (Wildman–Crippen LogP) is 7.00. The number of amides is 3. The maximum absolute atomic E-state index is 13.4. The fraction of sp³-hybridized carbons (Fsp3) is 0.121. The topological polar surface area (TPSA) is 106 Å². The Kier molecular flexibility index (Phi) is 11.0. The molecule has 0 bridgehead atoms. The first-order valence-corrected chi connectivity index (χ1v) is 14.9. The number of anilines is 2. The van der Waals surface area contributed by atoms with E-state index in [0.29, 0.717) is 28.4 Å². The number of thioether (sulfide) groups is 1. The Bertz CT molecular complexity index is 1610. The monoisotopic (exact) mass is 659 g/mol. The van der Waals surface area contributed by atoms with Crippen LogP contribution < -0.4 is 25.4 Å². The van der Waals surface area contributed by atoms with Crippen LogP contribution in [0, 0.1) is 0 Å². The van der Waals surface area contributed by atoms with E-state index in [1.807, 2.05) is 36.4 Å². The Labute approximate surface area is 263 Å². The lowest BCUT2D eigenvalue weighted by atomic mass is 10.1. The SMILES string of the molecule is COc1cc(NC(=O)C(C)Sc2cccc(NC(=O)/C(=C/c3ccc(Br)cc3)NC(=O)c3ccccc3)c2)cc(OC)c1. The molecule has 0 saturated heterocycles. The lowest BCUT2D eigenvalue weighted by molar-refractivity contribution is -0.115. The minimum absolute atomic E-state index is 0.0793. The summed E-state index contributed by atoms with van der Waals surface area (Å²) in [4.78, 5) is 40.0. The zero-order valence-electron chi connectivity index (χ0n) is 23.7. The first-order chi connectivity index (χ1) is 20.7. The van der Waals surface area contributed by atoms with E-state index in [4.69, 9.17) is 9.47 Å². The molecule has 3 amide bonds. The average Bonchev–Trinajstić information content (AvgIpc) is 3.02. The van der Waals surface area contributed by atoms with Gasteiger partial charge >= 0.3 is 0 Å². The molecule has 4 aromatic carbocycles. The molecule has 4 aromatic rings. The molecule has 0 heterocycles. The van der Waals surface area contributed by atoms with Gasteiger partial charge in [0, 0.05) is 44.5 Å². The van der Waals surface area contributed by atoms with Crippen molar-refractivity contribution in [3.8, 4) is 11.5 Å². The minimum atomic E-state index is -0.493. The van der Waals surface area contributed by atoms with Gasteiger partial charge in [0.1, 0.15) is 17.2 Å². The van der Waals surface area contributed by atoms with Crippen LogP contribution >= 0.6 is 27.7 Å². The van der Waals surface area contributed by atoms with Crippen molar-refractivity contribution < 1.29 is 23.9 Å². The van der Waals surface area contributed by atoms with Crippen LogP contribution in [0.2, 0.25) is 0 Å². The molecule has 0 aliphatic carbocycles. The molecule has 220 valence electrons. The molecular weight excluding hydrogens is 630 g/mol. The number of halogens is 1. The summed E-state index contributed by atoms with van der Waals surface area (Å²) in [5.74, 6) is 0.0148. The van der Waals surface area contributed by atoms with Crippen LogP contribution in [0.4, 0.5) is 11.4 Å². The van der Waals surface area contributed by atoms with E-state index in [2.05, 4.69) is 31.9 Å². The molecule has 10 heteroatoms. The van der Waals surface area contributed by atoms with E-state index >= 15 is 0 Å². The molecule has 3 N–H and O–H groups in total. The number of nitrogens with one attached hydrogen (secondary N) is 3. The molecule has 0 aromatic heterocycles. The van der Waals surface area contributed by atoms with Crippen molar-refractivity contribution in [3.63, 3.8) is 0 Å². The van der Waals surface area contributed by atoms with Crippen LogP contribution in [-0.4, -0.2) is 37.2 Å². The van der Waals surface area contributed by atoms with Gasteiger partial charge < -0.3 is 25.4 Å². The molecule has 43 heavy (non-hydrogen) atoms. The van der Waals surface area contributed by atoms with Crippen LogP contribution in [0.5, 0.6) is 11.5 Å². The van der Waals surface area contributed by atoms with E-state index in [9.17, 15) is 14.4 Å². The summed E-state index contributed by atoms with van der Waals surface area (Å²) >= 11 is 4.75. The van der Waals surface area contributed by atoms with E-state index < -0.39 is 17.1 Å². The zero-order chi connectivity index (χ0) is 30.8. The summed E-state index contributed by atoms with van der Waals surface area (Å²) in [6.45, 7) is 1.79. The van der Waals surface area contributed by atoms with E-state index in [1.165, 1.54) is 11.8 Å². The summed E-state index contributed by atoms with van der Waals surface area (Å²) in [6, 6.07) is 28.3. The van der Waals surface area contributed by atoms with Crippen LogP contribution in [0.25, 0.3) is 6.08 Å². The van der Waals surface area contributed by atoms with Gasteiger partial charge in [-0.1, -0.05) is 52.3 Å². The van der Waals surface area contributed by atoms with Gasteiger partial charge in [0.15, 0.2) is 0 Å². The van der Waals surface area contributed by atoms with E-state index in [-0.39, 0.29) is 11.6 Å². The van der Waals surface area contributed by atoms with Gasteiger partial charge in [-0.05, 0) is 61.0 Å². The molecule has 1 atom stereocenters. The summed E-state index contributed by atoms with van der Waals surface area (Å²) < 4.78 is 11.4. The van der Waals surface area contributed by atoms with Gasteiger partial charge in [0.2, 0.25) is 5.91 Å². The second kappa shape index (κ2) is 15.1. The van der Waals surface area contributed by atoms with Crippen molar-refractivity contribution in [2.45, 2.75) is 17.1 Å². The number of carbonyl (C=O) groups excluding carboxylic acids is 3. The Hall–Kier alpha value is -4.54. The zero-order valence-corrected chi connectivity index (χ0v) is 26.1. The van der Waals surface area contributed by atoms with E-state index in [0.717, 1.165) is 14.9 Å². The van der Waals surface area contributed by atoms with Crippen molar-refractivity contribution >= 4 is 62.9 Å². The number of rotatable bonds is 11. The number of ether oxygens (including phenoxy) is 2. The summed E-state index contributed by atoms with van der Waals surface area (Å²) in [6.07, 6.45) is 1.61. The van der Waals surface area contributed by atoms with Gasteiger partial charge in [0.05, 0.1) is 19.5 Å². The second-order valence-corrected chi connectivity index (χ2v) is 11.6. The number of carbonyl (C=O) groups is 3. The van der Waals surface area contributed by atoms with Crippen molar-refractivity contribution in [1.82, 2.24) is 5.32 Å². The molecule has 8 nitrogen and oxygen atoms in total. The van der Waals surface area contributed by atoms with Crippen molar-refractivity contribution in [1.29, 1.82) is 0 Å². The molecule has 0 spiro atoms. The third-order valence-corrected chi connectivity index (χ3v) is 7.73. The van der Waals surface area contributed by atoms with Gasteiger partial charge in [-0.15, -0.1) is 11.8 Å². The Morgan fingerprint density at radius 2 is 1.47 bits per heavy atom. The summed E-state index contributed by atoms with van der Waals surface area (Å²) in [7, 11) is 3.09. The average molecular weight is 661 g/mol. The molecule has 1 unspecified atom stereocenters. The van der Waals surface area contributed by atoms with Gasteiger partial charge in [0.25, 0.3) is 11.8 Å². The summed E-state index contributed by atoms with van der Waals surface area (Å²) in [5.41, 5.74) is 2.30. The van der Waals surface area contributed by atoms with Crippen LogP contribution in [0.1, 0.15) is 22.8 Å². The predicted molar refractivity (Wildman–Crippen MR) is 175 cm³/mol. The van der Waals surface area contributed by atoms with Crippen LogP contribution in [-0.2, 0) is 9.59 Å². The van der Waals surface area contributed by atoms with E-state index in [1.54, 1.807) is 87.9 Å². The third kappa shape index (κ3) is 9.22. The Morgan fingerprint density at radius 1 is 0.791 bits per heavy atom. The lowest BCUT2D eigenvalue weighted by Crippen LogP contribution is -2.30. The highest BCUT2D eigenvalue weighted by atomic mass is 79.9. The van der Waals surface area contributed by atoms with Crippen molar-refractivity contribution in [2.75, 3.05) is 24.9 Å². The minimum Gasteiger partial charge on any atom is -0.497 e. The number of hydrogen-bond acceptors (Lipinski definition) is 6. The third-order valence-electron chi connectivity index (χ3n) is 6.10. The molecule has 4 rings (SSSR count). The standard InChI is InChI=1S/C33H30BrN3O5S/c1-21(31(38)36-26-17-27(41-2)20-28(18-26)42-3)43-29-11-7-10-25(19-29)35-33(40)30(16-22-12-14-24(34)15-13-22)37-32(39)23-8-5-4-6-9-23/h4-21H,1-3H3,(H,35,40)(H,36,38)(H,37,39)/b30-16-. The number of benzene rings is 4.